The van der Waals surface area contributed by atoms with Gasteiger partial charge in [0, 0.05) is 44.7 Å². The first-order chi connectivity index (χ1) is 19.2. The van der Waals surface area contributed by atoms with Gasteiger partial charge in [-0.2, -0.15) is 0 Å². The molecule has 1 unspecified atom stereocenters. The Kier molecular flexibility index (Phi) is 4.76. The zero-order valence-corrected chi connectivity index (χ0v) is 22.0. The lowest BCUT2D eigenvalue weighted by atomic mass is 10.1. The second-order valence-corrected chi connectivity index (χ2v) is 10.5. The largest absolute Gasteiger partial charge is 0.309 e. The fraction of sp³-hybridized carbons (Fsp3) is 0.0857. The van der Waals surface area contributed by atoms with E-state index in [4.69, 9.17) is 0 Å². The Hall–Kier alpha value is -4.80. The molecule has 0 saturated carbocycles. The van der Waals surface area contributed by atoms with Crippen molar-refractivity contribution in [3.63, 3.8) is 0 Å². The van der Waals surface area contributed by atoms with E-state index < -0.39 is 0 Å². The van der Waals surface area contributed by atoms with Gasteiger partial charge in [0.1, 0.15) is 0 Å². The van der Waals surface area contributed by atoms with Crippen molar-refractivity contribution in [2.24, 2.45) is 0 Å². The van der Waals surface area contributed by atoms with Crippen LogP contribution in [0.2, 0.25) is 0 Å². The highest BCUT2D eigenvalue weighted by molar-refractivity contribution is 6.12. The number of rotatable bonds is 3. The molecule has 2 aromatic heterocycles. The minimum Gasteiger partial charge on any atom is -0.309 e. The molecule has 1 aliphatic rings. The van der Waals surface area contributed by atoms with Gasteiger partial charge in [0.15, 0.2) is 0 Å². The highest BCUT2D eigenvalue weighted by Gasteiger charge is 2.21. The molecule has 7 aromatic rings. The van der Waals surface area contributed by atoms with Crippen molar-refractivity contribution in [2.45, 2.75) is 19.9 Å². The third-order valence-corrected chi connectivity index (χ3v) is 8.02. The Morgan fingerprint density at radius 2 is 1.03 bits per heavy atom. The normalized spacial score (nSPS) is 15.7. The Labute approximate surface area is 227 Å². The smallest absolute Gasteiger partial charge is 0.0595 e. The molecule has 0 amide bonds. The summed E-state index contributed by atoms with van der Waals surface area (Å²) in [5.41, 5.74) is 13.1. The number of benzene rings is 5. The number of allylic oxidation sites excluding steroid dienone is 1. The summed E-state index contributed by atoms with van der Waals surface area (Å²) in [6.45, 7) is 4.34. The first-order valence-electron chi connectivity index (χ1n) is 13.5. The maximum atomic E-state index is 3.57. The number of nitrogens with zero attached hydrogens (tertiary/aromatic N) is 3. The second kappa shape index (κ2) is 8.35. The molecule has 188 valence electrons. The standard InChI is InChI=1S/C35H28N4/c1-23-20-24(2)39(36-23)27-17-19-31-29-13-7-9-15-33(29)38(35(31)22-27)26-16-18-30-28-12-6-8-14-32(28)37(34(30)21-26)25-10-4-3-5-11-25/h3-23,36H,1-2H3. The number of hydrazine groups is 1. The van der Waals surface area contributed by atoms with E-state index in [0.29, 0.717) is 6.04 Å². The van der Waals surface area contributed by atoms with Crippen LogP contribution in [0.4, 0.5) is 5.69 Å². The van der Waals surface area contributed by atoms with Gasteiger partial charge in [0.2, 0.25) is 0 Å². The van der Waals surface area contributed by atoms with Gasteiger partial charge in [-0.25, -0.2) is 5.43 Å². The van der Waals surface area contributed by atoms with Crippen molar-refractivity contribution >= 4 is 49.3 Å². The van der Waals surface area contributed by atoms with Gasteiger partial charge in [0.25, 0.3) is 0 Å². The number of hydrogen-bond donors (Lipinski definition) is 1. The molecular weight excluding hydrogens is 476 g/mol. The predicted molar refractivity (Wildman–Crippen MR) is 164 cm³/mol. The molecule has 0 bridgehead atoms. The van der Waals surface area contributed by atoms with Crippen molar-refractivity contribution < 1.29 is 0 Å². The molecule has 5 aromatic carbocycles. The van der Waals surface area contributed by atoms with E-state index in [9.17, 15) is 0 Å². The number of para-hydroxylation sites is 3. The maximum absolute atomic E-state index is 3.57. The van der Waals surface area contributed by atoms with Gasteiger partial charge in [-0.05, 0) is 68.5 Å². The summed E-state index contributed by atoms with van der Waals surface area (Å²) in [5.74, 6) is 0. The van der Waals surface area contributed by atoms with Gasteiger partial charge >= 0.3 is 0 Å². The summed E-state index contributed by atoms with van der Waals surface area (Å²) in [5, 5.41) is 7.24. The summed E-state index contributed by atoms with van der Waals surface area (Å²) >= 11 is 0. The van der Waals surface area contributed by atoms with Crippen LogP contribution < -0.4 is 10.4 Å². The summed E-state index contributed by atoms with van der Waals surface area (Å²) in [6, 6.07) is 42.1. The van der Waals surface area contributed by atoms with Crippen molar-refractivity contribution in [1.29, 1.82) is 0 Å². The molecule has 3 heterocycles. The number of aromatic nitrogens is 2. The minimum absolute atomic E-state index is 0.314. The van der Waals surface area contributed by atoms with Crippen molar-refractivity contribution in [3.8, 4) is 11.4 Å². The van der Waals surface area contributed by atoms with Gasteiger partial charge in [-0.1, -0.05) is 66.7 Å². The van der Waals surface area contributed by atoms with Crippen LogP contribution in [0.5, 0.6) is 0 Å². The fourth-order valence-corrected chi connectivity index (χ4v) is 6.39. The molecule has 0 spiro atoms. The molecule has 0 fully saturated rings. The van der Waals surface area contributed by atoms with Crippen molar-refractivity contribution in [1.82, 2.24) is 14.6 Å². The third kappa shape index (κ3) is 3.28. The lowest BCUT2D eigenvalue weighted by Crippen LogP contribution is -2.35. The van der Waals surface area contributed by atoms with Crippen LogP contribution in [0.25, 0.3) is 55.0 Å². The van der Waals surface area contributed by atoms with Crippen molar-refractivity contribution in [2.75, 3.05) is 5.01 Å². The molecule has 0 aliphatic carbocycles. The Morgan fingerprint density at radius 1 is 0.513 bits per heavy atom. The monoisotopic (exact) mass is 504 g/mol. The molecular formula is C35H28N4. The molecule has 1 atom stereocenters. The average molecular weight is 505 g/mol. The number of hydrogen-bond acceptors (Lipinski definition) is 2. The number of anilines is 1. The highest BCUT2D eigenvalue weighted by Crippen LogP contribution is 2.38. The second-order valence-electron chi connectivity index (χ2n) is 10.5. The van der Waals surface area contributed by atoms with Crippen LogP contribution in [0.1, 0.15) is 13.8 Å². The molecule has 39 heavy (non-hydrogen) atoms. The Bertz CT molecular complexity index is 2080. The molecule has 4 heteroatoms. The quantitative estimate of drug-likeness (QED) is 0.261. The van der Waals surface area contributed by atoms with E-state index in [1.807, 2.05) is 0 Å². The zero-order valence-electron chi connectivity index (χ0n) is 22.0. The SMILES string of the molecule is CC1=CC(C)NN1c1ccc2c3ccccc3n(-c3ccc4c5ccccc5n(-c5ccccc5)c4c3)c2c1. The summed E-state index contributed by atoms with van der Waals surface area (Å²) in [4.78, 5) is 0. The lowest BCUT2D eigenvalue weighted by molar-refractivity contribution is 0.675. The minimum atomic E-state index is 0.314. The molecule has 8 rings (SSSR count). The average Bonchev–Trinajstić information content (AvgIpc) is 3.61. The van der Waals surface area contributed by atoms with E-state index in [0.717, 1.165) is 11.4 Å². The molecule has 0 radical (unpaired) electrons. The first-order valence-corrected chi connectivity index (χ1v) is 13.5. The van der Waals surface area contributed by atoms with Gasteiger partial charge in [0.05, 0.1) is 27.8 Å². The Morgan fingerprint density at radius 3 is 1.64 bits per heavy atom. The highest BCUT2D eigenvalue weighted by atomic mass is 15.5. The van der Waals surface area contributed by atoms with Crippen LogP contribution in [0.3, 0.4) is 0 Å². The molecule has 4 nitrogen and oxygen atoms in total. The van der Waals surface area contributed by atoms with E-state index >= 15 is 0 Å². The Balaban J connectivity index is 1.43. The van der Waals surface area contributed by atoms with Gasteiger partial charge in [-0.3, -0.25) is 5.01 Å². The van der Waals surface area contributed by atoms with Crippen LogP contribution in [-0.4, -0.2) is 15.2 Å². The van der Waals surface area contributed by atoms with Gasteiger partial charge in [-0.15, -0.1) is 0 Å². The van der Waals surface area contributed by atoms with E-state index in [1.54, 1.807) is 0 Å². The van der Waals surface area contributed by atoms with E-state index in [1.165, 1.54) is 55.0 Å². The number of nitrogens with one attached hydrogen (secondary N) is 1. The molecule has 1 aliphatic heterocycles. The zero-order chi connectivity index (χ0) is 26.1. The predicted octanol–water partition coefficient (Wildman–Crippen LogP) is 8.50. The van der Waals surface area contributed by atoms with E-state index in [2.05, 4.69) is 155 Å². The van der Waals surface area contributed by atoms with Crippen LogP contribution >= 0.6 is 0 Å². The summed E-state index contributed by atoms with van der Waals surface area (Å²) < 4.78 is 4.80. The number of fused-ring (bicyclic) bond motifs is 6. The third-order valence-electron chi connectivity index (χ3n) is 8.02. The first kappa shape index (κ1) is 22.2. The lowest BCUT2D eigenvalue weighted by Gasteiger charge is -2.22. The topological polar surface area (TPSA) is 25.1 Å². The van der Waals surface area contributed by atoms with E-state index in [-0.39, 0.29) is 0 Å². The van der Waals surface area contributed by atoms with Crippen LogP contribution in [-0.2, 0) is 0 Å². The fourth-order valence-electron chi connectivity index (χ4n) is 6.39. The maximum Gasteiger partial charge on any atom is 0.0595 e. The van der Waals surface area contributed by atoms with Crippen molar-refractivity contribution in [3.05, 3.63) is 127 Å². The molecule has 1 N–H and O–H groups in total. The van der Waals surface area contributed by atoms with Gasteiger partial charge < -0.3 is 9.13 Å². The van der Waals surface area contributed by atoms with Crippen LogP contribution in [0.15, 0.2) is 127 Å². The molecule has 0 saturated heterocycles. The summed E-state index contributed by atoms with van der Waals surface area (Å²) in [6.07, 6.45) is 2.26. The summed E-state index contributed by atoms with van der Waals surface area (Å²) in [7, 11) is 0. The van der Waals surface area contributed by atoms with Crippen LogP contribution in [0, 0.1) is 0 Å².